The molecule has 0 radical (unpaired) electrons. The first-order chi connectivity index (χ1) is 8.08. The molecule has 1 fully saturated rings. The Morgan fingerprint density at radius 1 is 1.53 bits per heavy atom. The van der Waals surface area contributed by atoms with Gasteiger partial charge in [-0.1, -0.05) is 6.07 Å². The standard InChI is InChI=1S/C11H17N3O2S/c1-9-4-5-11(13-7-9)17(15,16)14-8-10-3-2-6-12-10/h4-5,7,10,12,14H,2-3,6,8H2,1H3/t10-/m0/s1. The molecular weight excluding hydrogens is 238 g/mol. The van der Waals surface area contributed by atoms with Gasteiger partial charge in [-0.2, -0.15) is 0 Å². The number of rotatable bonds is 4. The Kier molecular flexibility index (Phi) is 3.76. The topological polar surface area (TPSA) is 71.1 Å². The SMILES string of the molecule is Cc1ccc(S(=O)(=O)NC[C@@H]2CCCN2)nc1. The van der Waals surface area contributed by atoms with Crippen molar-refractivity contribution in [3.05, 3.63) is 23.9 Å². The Bertz CT molecular complexity index is 464. The van der Waals surface area contributed by atoms with Crippen molar-refractivity contribution in [2.75, 3.05) is 13.1 Å². The van der Waals surface area contributed by atoms with E-state index < -0.39 is 10.0 Å². The van der Waals surface area contributed by atoms with Gasteiger partial charge in [0.05, 0.1) is 0 Å². The normalized spacial score (nSPS) is 20.6. The fourth-order valence-corrected chi connectivity index (χ4v) is 2.84. The number of aromatic nitrogens is 1. The van der Waals surface area contributed by atoms with Crippen molar-refractivity contribution < 1.29 is 8.42 Å². The van der Waals surface area contributed by atoms with Crippen LogP contribution in [0.3, 0.4) is 0 Å². The number of nitrogens with one attached hydrogen (secondary N) is 2. The lowest BCUT2D eigenvalue weighted by Crippen LogP contribution is -2.37. The maximum atomic E-state index is 11.9. The highest BCUT2D eigenvalue weighted by molar-refractivity contribution is 7.89. The summed E-state index contributed by atoms with van der Waals surface area (Å²) in [5, 5.41) is 3.33. The lowest BCUT2D eigenvalue weighted by Gasteiger charge is -2.11. The van der Waals surface area contributed by atoms with Crippen molar-refractivity contribution in [3.63, 3.8) is 0 Å². The molecule has 0 amide bonds. The number of pyridine rings is 1. The lowest BCUT2D eigenvalue weighted by atomic mass is 10.2. The Labute approximate surface area is 102 Å². The summed E-state index contributed by atoms with van der Waals surface area (Å²) in [5.74, 6) is 0. The Morgan fingerprint density at radius 2 is 2.35 bits per heavy atom. The zero-order valence-corrected chi connectivity index (χ0v) is 10.6. The largest absolute Gasteiger partial charge is 0.313 e. The minimum absolute atomic E-state index is 0.0843. The van der Waals surface area contributed by atoms with Gasteiger partial charge in [0.25, 0.3) is 10.0 Å². The highest BCUT2D eigenvalue weighted by Gasteiger charge is 2.19. The van der Waals surface area contributed by atoms with E-state index in [1.807, 2.05) is 6.92 Å². The molecule has 1 atom stereocenters. The van der Waals surface area contributed by atoms with E-state index in [2.05, 4.69) is 15.0 Å². The molecule has 6 heteroatoms. The lowest BCUT2D eigenvalue weighted by molar-refractivity contribution is 0.549. The number of hydrogen-bond acceptors (Lipinski definition) is 4. The van der Waals surface area contributed by atoms with Crippen molar-refractivity contribution in [2.24, 2.45) is 0 Å². The van der Waals surface area contributed by atoms with Crippen LogP contribution in [0.2, 0.25) is 0 Å². The Hall–Kier alpha value is -0.980. The highest BCUT2D eigenvalue weighted by Crippen LogP contribution is 2.08. The summed E-state index contributed by atoms with van der Waals surface area (Å²) in [4.78, 5) is 3.92. The van der Waals surface area contributed by atoms with E-state index in [1.165, 1.54) is 6.07 Å². The molecule has 0 aliphatic carbocycles. The van der Waals surface area contributed by atoms with Gasteiger partial charge >= 0.3 is 0 Å². The van der Waals surface area contributed by atoms with Crippen LogP contribution in [0.25, 0.3) is 0 Å². The first-order valence-electron chi connectivity index (χ1n) is 5.74. The molecule has 94 valence electrons. The van der Waals surface area contributed by atoms with Gasteiger partial charge in [-0.15, -0.1) is 0 Å². The molecule has 1 aromatic rings. The molecule has 0 spiro atoms. The van der Waals surface area contributed by atoms with Crippen LogP contribution in [0.1, 0.15) is 18.4 Å². The monoisotopic (exact) mass is 255 g/mol. The van der Waals surface area contributed by atoms with Gasteiger partial charge in [0.1, 0.15) is 0 Å². The van der Waals surface area contributed by atoms with Crippen molar-refractivity contribution in [1.82, 2.24) is 15.0 Å². The molecule has 2 rings (SSSR count). The maximum absolute atomic E-state index is 11.9. The van der Waals surface area contributed by atoms with Crippen LogP contribution in [-0.4, -0.2) is 32.5 Å². The summed E-state index contributed by atoms with van der Waals surface area (Å²) in [6.45, 7) is 3.27. The van der Waals surface area contributed by atoms with E-state index >= 15 is 0 Å². The fraction of sp³-hybridized carbons (Fsp3) is 0.545. The Morgan fingerprint density at radius 3 is 2.94 bits per heavy atom. The molecule has 1 saturated heterocycles. The van der Waals surface area contributed by atoms with E-state index in [1.54, 1.807) is 12.3 Å². The van der Waals surface area contributed by atoms with Crippen molar-refractivity contribution >= 4 is 10.0 Å². The van der Waals surface area contributed by atoms with Crippen LogP contribution in [0.5, 0.6) is 0 Å². The number of sulfonamides is 1. The van der Waals surface area contributed by atoms with E-state index in [9.17, 15) is 8.42 Å². The summed E-state index contributed by atoms with van der Waals surface area (Å²) < 4.78 is 26.4. The molecule has 5 nitrogen and oxygen atoms in total. The van der Waals surface area contributed by atoms with Gasteiger partial charge in [-0.3, -0.25) is 0 Å². The smallest absolute Gasteiger partial charge is 0.258 e. The number of aryl methyl sites for hydroxylation is 1. The van der Waals surface area contributed by atoms with E-state index in [-0.39, 0.29) is 11.1 Å². The van der Waals surface area contributed by atoms with E-state index in [4.69, 9.17) is 0 Å². The summed E-state index contributed by atoms with van der Waals surface area (Å²) >= 11 is 0. The first kappa shape index (κ1) is 12.5. The molecule has 0 aromatic carbocycles. The molecule has 1 aliphatic heterocycles. The average molecular weight is 255 g/mol. The second kappa shape index (κ2) is 5.12. The zero-order chi connectivity index (χ0) is 12.3. The summed E-state index contributed by atoms with van der Waals surface area (Å²) in [6.07, 6.45) is 3.68. The molecule has 2 N–H and O–H groups in total. The predicted molar refractivity (Wildman–Crippen MR) is 65.2 cm³/mol. The van der Waals surface area contributed by atoms with Crippen molar-refractivity contribution in [3.8, 4) is 0 Å². The third-order valence-corrected chi connectivity index (χ3v) is 4.18. The van der Waals surface area contributed by atoms with E-state index in [0.29, 0.717) is 6.54 Å². The third kappa shape index (κ3) is 3.24. The minimum atomic E-state index is -3.47. The summed E-state index contributed by atoms with van der Waals surface area (Å²) in [7, 11) is -3.47. The summed E-state index contributed by atoms with van der Waals surface area (Å²) in [5.41, 5.74) is 0.946. The van der Waals surface area contributed by atoms with Crippen molar-refractivity contribution in [2.45, 2.75) is 30.8 Å². The molecule has 0 bridgehead atoms. The zero-order valence-electron chi connectivity index (χ0n) is 9.81. The second-order valence-corrected chi connectivity index (χ2v) is 6.03. The quantitative estimate of drug-likeness (QED) is 0.818. The van der Waals surface area contributed by atoms with Crippen LogP contribution in [0.15, 0.2) is 23.4 Å². The van der Waals surface area contributed by atoms with Crippen LogP contribution >= 0.6 is 0 Å². The van der Waals surface area contributed by atoms with Crippen LogP contribution < -0.4 is 10.0 Å². The first-order valence-corrected chi connectivity index (χ1v) is 7.22. The maximum Gasteiger partial charge on any atom is 0.258 e. The molecule has 0 saturated carbocycles. The number of nitrogens with zero attached hydrogens (tertiary/aromatic N) is 1. The van der Waals surface area contributed by atoms with Crippen LogP contribution in [0, 0.1) is 6.92 Å². The molecule has 1 aliphatic rings. The van der Waals surface area contributed by atoms with Gasteiger partial charge in [-0.05, 0) is 37.9 Å². The molecule has 1 aromatic heterocycles. The number of hydrogen-bond donors (Lipinski definition) is 2. The fourth-order valence-electron chi connectivity index (χ4n) is 1.83. The van der Waals surface area contributed by atoms with Gasteiger partial charge in [0.15, 0.2) is 5.03 Å². The molecule has 17 heavy (non-hydrogen) atoms. The van der Waals surface area contributed by atoms with Gasteiger partial charge in [0.2, 0.25) is 0 Å². The van der Waals surface area contributed by atoms with Gasteiger partial charge in [0, 0.05) is 18.8 Å². The second-order valence-electron chi connectivity index (χ2n) is 4.32. The van der Waals surface area contributed by atoms with Crippen molar-refractivity contribution in [1.29, 1.82) is 0 Å². The van der Waals surface area contributed by atoms with Crippen LogP contribution in [-0.2, 0) is 10.0 Å². The third-order valence-electron chi connectivity index (χ3n) is 2.84. The van der Waals surface area contributed by atoms with Crippen LogP contribution in [0.4, 0.5) is 0 Å². The summed E-state index contributed by atoms with van der Waals surface area (Å²) in [6, 6.07) is 3.52. The highest BCUT2D eigenvalue weighted by atomic mass is 32.2. The minimum Gasteiger partial charge on any atom is -0.313 e. The van der Waals surface area contributed by atoms with Gasteiger partial charge in [-0.25, -0.2) is 18.1 Å². The Balaban J connectivity index is 2.00. The van der Waals surface area contributed by atoms with Gasteiger partial charge < -0.3 is 5.32 Å². The van der Waals surface area contributed by atoms with E-state index in [0.717, 1.165) is 24.9 Å². The molecular formula is C11H17N3O2S. The average Bonchev–Trinajstić information content (AvgIpc) is 2.80. The molecule has 0 unspecified atom stereocenters. The predicted octanol–water partition coefficient (Wildman–Crippen LogP) is 0.420. The molecule has 2 heterocycles.